The van der Waals surface area contributed by atoms with Gasteiger partial charge >= 0.3 is 11.9 Å². The molecule has 0 aliphatic heterocycles. The molecule has 0 aliphatic carbocycles. The molecule has 0 unspecified atom stereocenters. The van der Waals surface area contributed by atoms with Gasteiger partial charge in [0, 0.05) is 63.7 Å². The zero-order chi connectivity index (χ0) is 52.3. The first-order valence-electron chi connectivity index (χ1n) is 24.8. The SMILES string of the molecule is C/C(=N\OCCCC(=O)CNC(=O)CCC(=O)CNC(=O)CCC(=O)[C@H](CO)NC(=O)CC[C@H](CC(=O)CCCCCCCCCCCCCC(=O)O)C(=O)O)c1ccc(C[C@H](N)C(=O)C(C)C)cc1. The van der Waals surface area contributed by atoms with Crippen LogP contribution >= 0.6 is 0 Å². The van der Waals surface area contributed by atoms with Crippen LogP contribution in [-0.2, 0) is 59.2 Å². The molecule has 70 heavy (non-hydrogen) atoms. The average Bonchev–Trinajstić information content (AvgIpc) is 3.32. The molecular formula is C51H79N5O14. The highest BCUT2D eigenvalue weighted by molar-refractivity contribution is 5.98. The molecule has 0 heterocycles. The molecule has 0 saturated carbocycles. The van der Waals surface area contributed by atoms with E-state index in [-0.39, 0.29) is 101 Å². The van der Waals surface area contributed by atoms with E-state index in [1.807, 2.05) is 38.1 Å². The fraction of sp³-hybridized carbons (Fsp3) is 0.667. The van der Waals surface area contributed by atoms with Gasteiger partial charge in [-0.3, -0.25) is 47.9 Å². The molecule has 392 valence electrons. The fourth-order valence-electron chi connectivity index (χ4n) is 7.28. The van der Waals surface area contributed by atoms with Crippen LogP contribution in [0.5, 0.6) is 0 Å². The van der Waals surface area contributed by atoms with Crippen LogP contribution in [0.2, 0.25) is 0 Å². The standard InChI is InChI=1S/C51H79N5O14/c1-35(2)50(67)43(52)30-37-19-21-38(22-20-37)36(3)56-70-29-15-17-41(59)32-53-46(62)27-24-42(60)33-54-47(63)28-25-45(61)44(34-57)55-48(64)26-23-39(51(68)69)31-40(58)16-13-11-9-7-5-4-6-8-10-12-14-18-49(65)66/h19-22,35,39,43-44,57H,4-18,23-34,52H2,1-3H3,(H,53,62)(H,54,63)(H,55,64)(H,65,66)(H,68,69)/b56-36+/t39-,43+,44+/m1/s1. The number of aliphatic hydroxyl groups excluding tert-OH is 1. The zero-order valence-electron chi connectivity index (χ0n) is 41.6. The van der Waals surface area contributed by atoms with Crippen molar-refractivity contribution in [3.8, 4) is 0 Å². The molecule has 0 bridgehead atoms. The smallest absolute Gasteiger partial charge is 0.306 e. The van der Waals surface area contributed by atoms with Crippen LogP contribution in [0.1, 0.15) is 173 Å². The van der Waals surface area contributed by atoms with Gasteiger partial charge in [0.25, 0.3) is 0 Å². The van der Waals surface area contributed by atoms with Crippen molar-refractivity contribution in [2.75, 3.05) is 26.3 Å². The topological polar surface area (TPSA) is 315 Å². The quantitative estimate of drug-likeness (QED) is 0.0261. The minimum Gasteiger partial charge on any atom is -0.481 e. The van der Waals surface area contributed by atoms with E-state index in [2.05, 4.69) is 21.1 Å². The maximum Gasteiger partial charge on any atom is 0.306 e. The summed E-state index contributed by atoms with van der Waals surface area (Å²) in [7, 11) is 0. The molecule has 0 saturated heterocycles. The summed E-state index contributed by atoms with van der Waals surface area (Å²) in [6.07, 6.45) is 10.2. The van der Waals surface area contributed by atoms with Gasteiger partial charge in [0.2, 0.25) is 17.7 Å². The van der Waals surface area contributed by atoms with Crippen molar-refractivity contribution in [1.82, 2.24) is 16.0 Å². The van der Waals surface area contributed by atoms with E-state index in [0.29, 0.717) is 31.4 Å². The molecule has 3 atom stereocenters. The number of nitrogens with zero attached hydrogens (tertiary/aromatic N) is 1. The van der Waals surface area contributed by atoms with Crippen molar-refractivity contribution in [3.05, 3.63) is 35.4 Å². The number of Topliss-reactive ketones (excluding diaryl/α,β-unsaturated/α-hetero) is 5. The number of unbranched alkanes of at least 4 members (excludes halogenated alkanes) is 10. The van der Waals surface area contributed by atoms with E-state index < -0.39 is 72.4 Å². The molecule has 1 aromatic carbocycles. The number of carboxylic acids is 2. The Labute approximate surface area is 412 Å². The Morgan fingerprint density at radius 3 is 1.67 bits per heavy atom. The van der Waals surface area contributed by atoms with Crippen molar-refractivity contribution in [1.29, 1.82) is 0 Å². The highest BCUT2D eigenvalue weighted by atomic mass is 16.6. The molecule has 0 aliphatic rings. The van der Waals surface area contributed by atoms with Gasteiger partial charge < -0.3 is 41.8 Å². The summed E-state index contributed by atoms with van der Waals surface area (Å²) in [5, 5.41) is 39.3. The Morgan fingerprint density at radius 2 is 1.14 bits per heavy atom. The number of carboxylic acid groups (broad SMARTS) is 2. The summed E-state index contributed by atoms with van der Waals surface area (Å²) in [5.41, 5.74) is 8.39. The lowest BCUT2D eigenvalue weighted by molar-refractivity contribution is -0.144. The molecule has 19 heteroatoms. The number of aliphatic hydroxyl groups is 1. The summed E-state index contributed by atoms with van der Waals surface area (Å²) < 4.78 is 0. The maximum absolute atomic E-state index is 12.7. The van der Waals surface area contributed by atoms with Crippen molar-refractivity contribution < 1.29 is 68.1 Å². The third-order valence-electron chi connectivity index (χ3n) is 11.6. The summed E-state index contributed by atoms with van der Waals surface area (Å²) in [5.74, 6) is -6.65. The first-order chi connectivity index (χ1) is 33.3. The van der Waals surface area contributed by atoms with Crippen molar-refractivity contribution in [2.45, 2.75) is 181 Å². The number of hydrogen-bond acceptors (Lipinski definition) is 14. The van der Waals surface area contributed by atoms with Gasteiger partial charge in [-0.15, -0.1) is 0 Å². The molecule has 1 aromatic rings. The molecule has 0 aromatic heterocycles. The van der Waals surface area contributed by atoms with Gasteiger partial charge in [-0.05, 0) is 50.2 Å². The Hall–Kier alpha value is -5.69. The van der Waals surface area contributed by atoms with Crippen LogP contribution in [0, 0.1) is 11.8 Å². The summed E-state index contributed by atoms with van der Waals surface area (Å²) in [4.78, 5) is 127. The predicted octanol–water partition coefficient (Wildman–Crippen LogP) is 4.88. The predicted molar refractivity (Wildman–Crippen MR) is 262 cm³/mol. The van der Waals surface area contributed by atoms with E-state index in [9.17, 15) is 58.2 Å². The number of aliphatic carboxylic acids is 2. The second-order valence-electron chi connectivity index (χ2n) is 18.2. The first kappa shape index (κ1) is 62.3. The molecular weight excluding hydrogens is 907 g/mol. The number of oxime groups is 1. The van der Waals surface area contributed by atoms with E-state index >= 15 is 0 Å². The number of rotatable bonds is 43. The van der Waals surface area contributed by atoms with Crippen LogP contribution in [-0.4, -0.2) is 118 Å². The van der Waals surface area contributed by atoms with Gasteiger partial charge in [0.15, 0.2) is 23.1 Å². The first-order valence-corrected chi connectivity index (χ1v) is 24.8. The maximum atomic E-state index is 12.7. The second-order valence-corrected chi connectivity index (χ2v) is 18.2. The molecule has 0 spiro atoms. The third-order valence-corrected chi connectivity index (χ3v) is 11.6. The highest BCUT2D eigenvalue weighted by Gasteiger charge is 2.25. The largest absolute Gasteiger partial charge is 0.481 e. The van der Waals surface area contributed by atoms with Crippen LogP contribution in [0.3, 0.4) is 0 Å². The molecule has 0 fully saturated rings. The Morgan fingerprint density at radius 1 is 0.629 bits per heavy atom. The fourth-order valence-corrected chi connectivity index (χ4v) is 7.28. The normalized spacial score (nSPS) is 12.6. The number of carbonyl (C=O) groups is 10. The number of ketones is 5. The number of nitrogens with two attached hydrogens (primary N) is 1. The molecule has 0 radical (unpaired) electrons. The Balaban J connectivity index is 2.23. The Bertz CT molecular complexity index is 1870. The van der Waals surface area contributed by atoms with Gasteiger partial charge in [-0.1, -0.05) is 101 Å². The molecule has 3 amide bonds. The van der Waals surface area contributed by atoms with E-state index in [1.165, 1.54) is 0 Å². The van der Waals surface area contributed by atoms with E-state index in [4.69, 9.17) is 15.7 Å². The van der Waals surface area contributed by atoms with Gasteiger partial charge in [0.05, 0.1) is 37.4 Å². The molecule has 8 N–H and O–H groups in total. The molecule has 1 rings (SSSR count). The van der Waals surface area contributed by atoms with Crippen LogP contribution in [0.25, 0.3) is 0 Å². The van der Waals surface area contributed by atoms with Crippen LogP contribution in [0.4, 0.5) is 0 Å². The lowest BCUT2D eigenvalue weighted by atomic mass is 9.94. The van der Waals surface area contributed by atoms with Crippen molar-refractivity contribution in [3.63, 3.8) is 0 Å². The van der Waals surface area contributed by atoms with Gasteiger partial charge in [0.1, 0.15) is 18.4 Å². The minimum absolute atomic E-state index is 0.00740. The summed E-state index contributed by atoms with van der Waals surface area (Å²) in [6.45, 7) is 4.18. The number of benzene rings is 1. The van der Waals surface area contributed by atoms with Crippen LogP contribution in [0.15, 0.2) is 29.4 Å². The lowest BCUT2D eigenvalue weighted by Crippen LogP contribution is -2.44. The Kier molecular flexibility index (Phi) is 33.1. The number of nitrogens with one attached hydrogen (secondary N) is 3. The highest BCUT2D eigenvalue weighted by Crippen LogP contribution is 2.17. The van der Waals surface area contributed by atoms with Gasteiger partial charge in [-0.2, -0.15) is 0 Å². The third kappa shape index (κ3) is 30.7. The number of amides is 3. The van der Waals surface area contributed by atoms with E-state index in [0.717, 1.165) is 68.9 Å². The lowest BCUT2D eigenvalue weighted by Gasteiger charge is -2.16. The average molecular weight is 986 g/mol. The monoisotopic (exact) mass is 986 g/mol. The number of hydrogen-bond donors (Lipinski definition) is 7. The second kappa shape index (κ2) is 37.2. The minimum atomic E-state index is -1.35. The summed E-state index contributed by atoms with van der Waals surface area (Å²) >= 11 is 0. The van der Waals surface area contributed by atoms with Crippen molar-refractivity contribution in [2.24, 2.45) is 22.7 Å². The molecule has 19 nitrogen and oxygen atoms in total. The number of carbonyl (C=O) groups excluding carboxylic acids is 8. The van der Waals surface area contributed by atoms with Gasteiger partial charge in [-0.25, -0.2) is 0 Å². The van der Waals surface area contributed by atoms with Crippen molar-refractivity contribution >= 4 is 64.3 Å². The zero-order valence-corrected chi connectivity index (χ0v) is 41.6. The summed E-state index contributed by atoms with van der Waals surface area (Å²) in [6, 6.07) is 5.57. The van der Waals surface area contributed by atoms with E-state index in [1.54, 1.807) is 6.92 Å². The van der Waals surface area contributed by atoms with Crippen LogP contribution < -0.4 is 21.7 Å².